The van der Waals surface area contributed by atoms with E-state index >= 15 is 0 Å². The van der Waals surface area contributed by atoms with Crippen molar-refractivity contribution in [2.45, 2.75) is 0 Å². The zero-order valence-electron chi connectivity index (χ0n) is 10.2. The maximum absolute atomic E-state index is 5.96. The summed E-state index contributed by atoms with van der Waals surface area (Å²) in [4.78, 5) is 4.53. The van der Waals surface area contributed by atoms with E-state index in [-0.39, 0.29) is 0 Å². The molecule has 1 aromatic heterocycles. The third kappa shape index (κ3) is 2.64. The fraction of sp³-hybridized carbons (Fsp3) is 0.0714. The molecule has 3 nitrogen and oxygen atoms in total. The average Bonchev–Trinajstić information content (AvgIpc) is 2.79. The van der Waals surface area contributed by atoms with Crippen molar-refractivity contribution in [3.8, 4) is 5.75 Å². The minimum absolute atomic E-state index is 0.702. The summed E-state index contributed by atoms with van der Waals surface area (Å²) in [6.45, 7) is 0. The molecule has 0 fully saturated rings. The zero-order chi connectivity index (χ0) is 13.2. The van der Waals surface area contributed by atoms with E-state index in [2.05, 4.69) is 10.3 Å². The second kappa shape index (κ2) is 5.07. The van der Waals surface area contributed by atoms with Crippen molar-refractivity contribution in [1.82, 2.24) is 4.98 Å². The summed E-state index contributed by atoms with van der Waals surface area (Å²) in [5.41, 5.74) is 1.85. The van der Waals surface area contributed by atoms with Crippen LogP contribution in [-0.4, -0.2) is 12.1 Å². The van der Waals surface area contributed by atoms with Crippen LogP contribution in [0, 0.1) is 0 Å². The van der Waals surface area contributed by atoms with Gasteiger partial charge in [-0.05, 0) is 30.3 Å². The molecule has 0 aliphatic heterocycles. The highest BCUT2D eigenvalue weighted by atomic mass is 35.5. The number of ether oxygens (including phenoxy) is 1. The van der Waals surface area contributed by atoms with Gasteiger partial charge in [0.05, 0.1) is 17.3 Å². The Morgan fingerprint density at radius 1 is 1.21 bits per heavy atom. The van der Waals surface area contributed by atoms with Crippen LogP contribution >= 0.6 is 22.9 Å². The summed E-state index contributed by atoms with van der Waals surface area (Å²) in [6, 6.07) is 13.4. The van der Waals surface area contributed by atoms with E-state index in [0.29, 0.717) is 5.02 Å². The second-order valence-corrected chi connectivity index (χ2v) is 5.46. The van der Waals surface area contributed by atoms with E-state index in [4.69, 9.17) is 16.3 Å². The molecular weight excluding hydrogens is 280 g/mol. The highest BCUT2D eigenvalue weighted by Crippen LogP contribution is 2.31. The number of hydrogen-bond donors (Lipinski definition) is 1. The Kier molecular flexibility index (Phi) is 3.27. The summed E-state index contributed by atoms with van der Waals surface area (Å²) in [5, 5.41) is 4.79. The molecule has 5 heteroatoms. The van der Waals surface area contributed by atoms with Crippen LogP contribution in [0.2, 0.25) is 5.02 Å². The average molecular weight is 291 g/mol. The number of halogens is 1. The molecule has 0 spiro atoms. The molecule has 0 saturated carbocycles. The molecule has 0 aliphatic rings. The smallest absolute Gasteiger partial charge is 0.188 e. The molecule has 3 aromatic rings. The van der Waals surface area contributed by atoms with Gasteiger partial charge in [0.25, 0.3) is 0 Å². The quantitative estimate of drug-likeness (QED) is 0.759. The van der Waals surface area contributed by atoms with Gasteiger partial charge in [-0.1, -0.05) is 29.0 Å². The summed E-state index contributed by atoms with van der Waals surface area (Å²) in [5.74, 6) is 0.812. The molecule has 2 aromatic carbocycles. The first-order valence-electron chi connectivity index (χ1n) is 5.72. The maximum Gasteiger partial charge on any atom is 0.188 e. The van der Waals surface area contributed by atoms with Gasteiger partial charge in [-0.25, -0.2) is 4.98 Å². The fourth-order valence-electron chi connectivity index (χ4n) is 1.78. The minimum atomic E-state index is 0.702. The van der Waals surface area contributed by atoms with Crippen LogP contribution in [0.25, 0.3) is 10.2 Å². The summed E-state index contributed by atoms with van der Waals surface area (Å²) >= 11 is 7.55. The van der Waals surface area contributed by atoms with Crippen LogP contribution in [0.4, 0.5) is 10.8 Å². The Bertz CT molecular complexity index is 726. The number of hydrogen-bond acceptors (Lipinski definition) is 4. The number of anilines is 2. The molecule has 96 valence electrons. The molecule has 3 rings (SSSR count). The molecule has 0 atom stereocenters. The third-order valence-corrected chi connectivity index (χ3v) is 3.86. The lowest BCUT2D eigenvalue weighted by Crippen LogP contribution is -1.88. The predicted molar refractivity (Wildman–Crippen MR) is 80.9 cm³/mol. The molecule has 1 N–H and O–H groups in total. The molecule has 0 saturated heterocycles. The zero-order valence-corrected chi connectivity index (χ0v) is 11.8. The van der Waals surface area contributed by atoms with Gasteiger partial charge in [0.2, 0.25) is 0 Å². The minimum Gasteiger partial charge on any atom is -0.497 e. The van der Waals surface area contributed by atoms with Crippen molar-refractivity contribution in [1.29, 1.82) is 0 Å². The number of aromatic nitrogens is 1. The second-order valence-electron chi connectivity index (χ2n) is 3.99. The van der Waals surface area contributed by atoms with Crippen LogP contribution in [0.5, 0.6) is 5.75 Å². The Morgan fingerprint density at radius 3 is 2.89 bits per heavy atom. The number of nitrogens with zero attached hydrogens (tertiary/aromatic N) is 1. The van der Waals surface area contributed by atoms with E-state index in [9.17, 15) is 0 Å². The van der Waals surface area contributed by atoms with Gasteiger partial charge in [0.1, 0.15) is 5.75 Å². The SMILES string of the molecule is COc1ccc2sc(Nc3cccc(Cl)c3)nc2c1. The van der Waals surface area contributed by atoms with Crippen molar-refractivity contribution in [3.05, 3.63) is 47.5 Å². The molecule has 0 aliphatic carbocycles. The van der Waals surface area contributed by atoms with Gasteiger partial charge >= 0.3 is 0 Å². The van der Waals surface area contributed by atoms with Crippen molar-refractivity contribution in [3.63, 3.8) is 0 Å². The molecule has 1 heterocycles. The van der Waals surface area contributed by atoms with Gasteiger partial charge in [0, 0.05) is 16.8 Å². The van der Waals surface area contributed by atoms with E-state index in [1.165, 1.54) is 0 Å². The topological polar surface area (TPSA) is 34.1 Å². The lowest BCUT2D eigenvalue weighted by atomic mass is 10.3. The number of methoxy groups -OCH3 is 1. The predicted octanol–water partition coefficient (Wildman–Crippen LogP) is 4.70. The lowest BCUT2D eigenvalue weighted by Gasteiger charge is -2.01. The highest BCUT2D eigenvalue weighted by molar-refractivity contribution is 7.22. The molecular formula is C14H11ClN2OS. The summed E-state index contributed by atoms with van der Waals surface area (Å²) in [7, 11) is 1.65. The Labute approximate surface area is 119 Å². The van der Waals surface area contributed by atoms with Crippen molar-refractivity contribution in [2.75, 3.05) is 12.4 Å². The number of benzene rings is 2. The molecule has 19 heavy (non-hydrogen) atoms. The largest absolute Gasteiger partial charge is 0.497 e. The van der Waals surface area contributed by atoms with Crippen LogP contribution in [0.1, 0.15) is 0 Å². The fourth-order valence-corrected chi connectivity index (χ4v) is 2.83. The van der Waals surface area contributed by atoms with Crippen LogP contribution in [-0.2, 0) is 0 Å². The van der Waals surface area contributed by atoms with E-state index < -0.39 is 0 Å². The number of fused-ring (bicyclic) bond motifs is 1. The summed E-state index contributed by atoms with van der Waals surface area (Å²) < 4.78 is 6.31. The Balaban J connectivity index is 1.93. The van der Waals surface area contributed by atoms with Crippen LogP contribution in [0.15, 0.2) is 42.5 Å². The van der Waals surface area contributed by atoms with Crippen LogP contribution in [0.3, 0.4) is 0 Å². The third-order valence-electron chi connectivity index (χ3n) is 2.67. The van der Waals surface area contributed by atoms with Crippen LogP contribution < -0.4 is 10.1 Å². The number of thiazole rings is 1. The van der Waals surface area contributed by atoms with Gasteiger partial charge in [0.15, 0.2) is 5.13 Å². The number of rotatable bonds is 3. The summed E-state index contributed by atoms with van der Waals surface area (Å²) in [6.07, 6.45) is 0. The van der Waals surface area contributed by atoms with Crippen molar-refractivity contribution < 1.29 is 4.74 Å². The van der Waals surface area contributed by atoms with Gasteiger partial charge < -0.3 is 10.1 Å². The van der Waals surface area contributed by atoms with E-state index in [1.54, 1.807) is 18.4 Å². The molecule has 0 bridgehead atoms. The molecule has 0 amide bonds. The lowest BCUT2D eigenvalue weighted by molar-refractivity contribution is 0.415. The first-order valence-corrected chi connectivity index (χ1v) is 6.91. The van der Waals surface area contributed by atoms with Gasteiger partial charge in [-0.2, -0.15) is 0 Å². The number of nitrogens with one attached hydrogen (secondary N) is 1. The standard InChI is InChI=1S/C14H11ClN2OS/c1-18-11-5-6-13-12(8-11)17-14(19-13)16-10-4-2-3-9(15)7-10/h2-8H,1H3,(H,16,17). The normalized spacial score (nSPS) is 10.6. The van der Waals surface area contributed by atoms with Gasteiger partial charge in [-0.3, -0.25) is 0 Å². The monoisotopic (exact) mass is 290 g/mol. The Hall–Kier alpha value is -1.78. The van der Waals surface area contributed by atoms with Crippen molar-refractivity contribution >= 4 is 44.0 Å². The molecule has 0 radical (unpaired) electrons. The van der Waals surface area contributed by atoms with Gasteiger partial charge in [-0.15, -0.1) is 0 Å². The highest BCUT2D eigenvalue weighted by Gasteiger charge is 2.05. The molecule has 0 unspecified atom stereocenters. The van der Waals surface area contributed by atoms with E-state index in [0.717, 1.165) is 26.8 Å². The maximum atomic E-state index is 5.96. The first-order chi connectivity index (χ1) is 9.24. The van der Waals surface area contributed by atoms with Crippen molar-refractivity contribution in [2.24, 2.45) is 0 Å². The first kappa shape index (κ1) is 12.3. The van der Waals surface area contributed by atoms with E-state index in [1.807, 2.05) is 42.5 Å². The Morgan fingerprint density at radius 2 is 2.11 bits per heavy atom.